The van der Waals surface area contributed by atoms with Crippen molar-refractivity contribution in [1.82, 2.24) is 0 Å². The van der Waals surface area contributed by atoms with Gasteiger partial charge in [-0.1, -0.05) is 49.4 Å². The largest absolute Gasteiger partial charge is 0.323 e. The van der Waals surface area contributed by atoms with E-state index in [9.17, 15) is 9.18 Å². The van der Waals surface area contributed by atoms with E-state index in [-0.39, 0.29) is 17.5 Å². The highest BCUT2D eigenvalue weighted by Gasteiger charge is 2.19. The van der Waals surface area contributed by atoms with Crippen LogP contribution in [0.1, 0.15) is 24.8 Å². The molecule has 2 rings (SSSR count). The van der Waals surface area contributed by atoms with Gasteiger partial charge in [0.05, 0.1) is 11.6 Å². The Labute approximate surface area is 112 Å². The summed E-state index contributed by atoms with van der Waals surface area (Å²) in [6, 6.07) is 15.7. The van der Waals surface area contributed by atoms with E-state index in [4.69, 9.17) is 0 Å². The first-order valence-electron chi connectivity index (χ1n) is 6.32. The maximum atomic E-state index is 13.5. The molecular weight excluding hydrogens is 241 g/mol. The number of carbonyl (C=O) groups excluding carboxylic acids is 1. The minimum atomic E-state index is -0.418. The van der Waals surface area contributed by atoms with Gasteiger partial charge < -0.3 is 5.32 Å². The van der Waals surface area contributed by atoms with Crippen molar-refractivity contribution in [2.24, 2.45) is 0 Å². The van der Waals surface area contributed by atoms with Gasteiger partial charge in [-0.2, -0.15) is 0 Å². The predicted octanol–water partition coefficient (Wildman–Crippen LogP) is 3.96. The molecule has 0 heterocycles. The van der Waals surface area contributed by atoms with Crippen LogP contribution in [-0.4, -0.2) is 5.91 Å². The molecule has 1 N–H and O–H groups in total. The molecule has 2 aromatic carbocycles. The van der Waals surface area contributed by atoms with E-state index in [1.807, 2.05) is 37.3 Å². The van der Waals surface area contributed by atoms with Crippen LogP contribution >= 0.6 is 0 Å². The first-order chi connectivity index (χ1) is 9.22. The van der Waals surface area contributed by atoms with Crippen molar-refractivity contribution in [2.45, 2.75) is 19.3 Å². The predicted molar refractivity (Wildman–Crippen MR) is 74.5 cm³/mol. The van der Waals surface area contributed by atoms with Gasteiger partial charge in [0.2, 0.25) is 5.91 Å². The van der Waals surface area contributed by atoms with Crippen LogP contribution in [0.25, 0.3) is 0 Å². The molecule has 0 bridgehead atoms. The monoisotopic (exact) mass is 257 g/mol. The molecule has 0 unspecified atom stereocenters. The molecule has 2 aromatic rings. The average Bonchev–Trinajstić information content (AvgIpc) is 2.43. The maximum Gasteiger partial charge on any atom is 0.231 e. The third-order valence-corrected chi connectivity index (χ3v) is 3.06. The molecule has 98 valence electrons. The zero-order valence-corrected chi connectivity index (χ0v) is 10.8. The first kappa shape index (κ1) is 13.3. The molecule has 0 saturated carbocycles. The van der Waals surface area contributed by atoms with Crippen molar-refractivity contribution >= 4 is 11.6 Å². The van der Waals surface area contributed by atoms with Crippen molar-refractivity contribution in [3.63, 3.8) is 0 Å². The molecular formula is C16H16FNO. The summed E-state index contributed by atoms with van der Waals surface area (Å²) in [5.41, 5.74) is 1.17. The fourth-order valence-electron chi connectivity index (χ4n) is 2.04. The van der Waals surface area contributed by atoms with Gasteiger partial charge >= 0.3 is 0 Å². The van der Waals surface area contributed by atoms with Crippen LogP contribution in [0.4, 0.5) is 10.1 Å². The highest BCUT2D eigenvalue weighted by Crippen LogP contribution is 2.22. The van der Waals surface area contributed by atoms with E-state index in [0.29, 0.717) is 6.42 Å². The van der Waals surface area contributed by atoms with Gasteiger partial charge in [-0.15, -0.1) is 0 Å². The Hall–Kier alpha value is -2.16. The van der Waals surface area contributed by atoms with Crippen molar-refractivity contribution < 1.29 is 9.18 Å². The molecule has 0 radical (unpaired) electrons. The number of benzene rings is 2. The summed E-state index contributed by atoms with van der Waals surface area (Å²) in [6.45, 7) is 1.94. The van der Waals surface area contributed by atoms with Crippen LogP contribution in [-0.2, 0) is 4.79 Å². The lowest BCUT2D eigenvalue weighted by atomic mass is 9.95. The standard InChI is InChI=1S/C16H16FNO/c1-2-13(12-8-4-3-5-9-12)16(19)18-15-11-7-6-10-14(15)17/h3-11,13H,2H2,1H3,(H,18,19)/t13-/m1/s1. The molecule has 0 spiro atoms. The quantitative estimate of drug-likeness (QED) is 0.882. The van der Waals surface area contributed by atoms with Crippen molar-refractivity contribution in [3.8, 4) is 0 Å². The molecule has 19 heavy (non-hydrogen) atoms. The maximum absolute atomic E-state index is 13.5. The number of para-hydroxylation sites is 1. The van der Waals surface area contributed by atoms with Gasteiger partial charge in [0.25, 0.3) is 0 Å². The average molecular weight is 257 g/mol. The van der Waals surface area contributed by atoms with Gasteiger partial charge in [-0.25, -0.2) is 4.39 Å². The van der Waals surface area contributed by atoms with E-state index < -0.39 is 5.82 Å². The number of hydrogen-bond acceptors (Lipinski definition) is 1. The van der Waals surface area contributed by atoms with Crippen molar-refractivity contribution in [2.75, 3.05) is 5.32 Å². The van der Waals surface area contributed by atoms with Crippen LogP contribution < -0.4 is 5.32 Å². The number of hydrogen-bond donors (Lipinski definition) is 1. The summed E-state index contributed by atoms with van der Waals surface area (Å²) in [6.07, 6.45) is 0.671. The molecule has 1 amide bonds. The Balaban J connectivity index is 2.17. The smallest absolute Gasteiger partial charge is 0.231 e. The summed E-state index contributed by atoms with van der Waals surface area (Å²) in [7, 11) is 0. The molecule has 3 heteroatoms. The summed E-state index contributed by atoms with van der Waals surface area (Å²) in [5.74, 6) is -0.863. The minimum absolute atomic E-state index is 0.182. The van der Waals surface area contributed by atoms with Crippen LogP contribution in [0.2, 0.25) is 0 Å². The Morgan fingerprint density at radius 2 is 1.74 bits per heavy atom. The molecule has 0 aliphatic carbocycles. The molecule has 0 saturated heterocycles. The second-order valence-corrected chi connectivity index (χ2v) is 4.34. The van der Waals surface area contributed by atoms with Gasteiger partial charge in [0.15, 0.2) is 0 Å². The number of rotatable bonds is 4. The fourth-order valence-corrected chi connectivity index (χ4v) is 2.04. The van der Waals surface area contributed by atoms with Crippen LogP contribution in [0.15, 0.2) is 54.6 Å². The lowest BCUT2D eigenvalue weighted by Crippen LogP contribution is -2.21. The van der Waals surface area contributed by atoms with Crippen LogP contribution in [0.3, 0.4) is 0 Å². The van der Waals surface area contributed by atoms with Crippen LogP contribution in [0.5, 0.6) is 0 Å². The topological polar surface area (TPSA) is 29.1 Å². The van der Waals surface area contributed by atoms with Gasteiger partial charge in [0, 0.05) is 0 Å². The van der Waals surface area contributed by atoms with Gasteiger partial charge in [-0.3, -0.25) is 4.79 Å². The Morgan fingerprint density at radius 1 is 1.11 bits per heavy atom. The van der Waals surface area contributed by atoms with E-state index in [1.165, 1.54) is 6.07 Å². The zero-order chi connectivity index (χ0) is 13.7. The second-order valence-electron chi connectivity index (χ2n) is 4.34. The summed E-state index contributed by atoms with van der Waals surface area (Å²) < 4.78 is 13.5. The normalized spacial score (nSPS) is 11.9. The Bertz CT molecular complexity index is 554. The third kappa shape index (κ3) is 3.19. The van der Waals surface area contributed by atoms with Gasteiger partial charge in [-0.05, 0) is 24.1 Å². The third-order valence-electron chi connectivity index (χ3n) is 3.06. The van der Waals surface area contributed by atoms with Crippen molar-refractivity contribution in [1.29, 1.82) is 0 Å². The second kappa shape index (κ2) is 6.14. The van der Waals surface area contributed by atoms with Gasteiger partial charge in [0.1, 0.15) is 5.82 Å². The number of amides is 1. The van der Waals surface area contributed by atoms with E-state index in [0.717, 1.165) is 5.56 Å². The first-order valence-corrected chi connectivity index (χ1v) is 6.32. The van der Waals surface area contributed by atoms with E-state index in [1.54, 1.807) is 18.2 Å². The zero-order valence-electron chi connectivity index (χ0n) is 10.8. The SMILES string of the molecule is CC[C@@H](C(=O)Nc1ccccc1F)c1ccccc1. The number of carbonyl (C=O) groups is 1. The van der Waals surface area contributed by atoms with E-state index in [2.05, 4.69) is 5.32 Å². The number of anilines is 1. The number of halogens is 1. The lowest BCUT2D eigenvalue weighted by molar-refractivity contribution is -0.117. The molecule has 2 nitrogen and oxygen atoms in total. The molecule has 0 aliphatic rings. The Kier molecular flexibility index (Phi) is 4.29. The summed E-state index contributed by atoms with van der Waals surface area (Å²) >= 11 is 0. The molecule has 1 atom stereocenters. The van der Waals surface area contributed by atoms with Crippen molar-refractivity contribution in [3.05, 3.63) is 66.0 Å². The molecule has 0 aromatic heterocycles. The van der Waals surface area contributed by atoms with E-state index >= 15 is 0 Å². The summed E-state index contributed by atoms with van der Waals surface area (Å²) in [4.78, 5) is 12.2. The fraction of sp³-hybridized carbons (Fsp3) is 0.188. The van der Waals surface area contributed by atoms with Crippen LogP contribution in [0, 0.1) is 5.82 Å². The highest BCUT2D eigenvalue weighted by atomic mass is 19.1. The number of nitrogens with one attached hydrogen (secondary N) is 1. The molecule has 0 fully saturated rings. The molecule has 0 aliphatic heterocycles. The lowest BCUT2D eigenvalue weighted by Gasteiger charge is -2.15. The Morgan fingerprint density at radius 3 is 2.37 bits per heavy atom. The summed E-state index contributed by atoms with van der Waals surface area (Å²) in [5, 5.41) is 2.65. The highest BCUT2D eigenvalue weighted by molar-refractivity contribution is 5.95. The minimum Gasteiger partial charge on any atom is -0.323 e.